The number of fused-ring (bicyclic) bond motifs is 1. The number of hydrogen-bond acceptors (Lipinski definition) is 4. The fourth-order valence-corrected chi connectivity index (χ4v) is 2.73. The Morgan fingerprint density at radius 1 is 1.08 bits per heavy atom. The Kier molecular flexibility index (Phi) is 5.73. The molecule has 0 aromatic heterocycles. The quantitative estimate of drug-likeness (QED) is 0.776. The highest BCUT2D eigenvalue weighted by molar-refractivity contribution is 5.94. The normalized spacial score (nSPS) is 11.9. The fraction of sp³-hybridized carbons (Fsp3) is 0.300. The summed E-state index contributed by atoms with van der Waals surface area (Å²) in [5.41, 5.74) is 1.61. The molecule has 26 heavy (non-hydrogen) atoms. The highest BCUT2D eigenvalue weighted by atomic mass is 16.7. The zero-order valence-corrected chi connectivity index (χ0v) is 14.7. The Bertz CT molecular complexity index is 777. The number of hydrogen-bond donors (Lipinski definition) is 1. The molecule has 6 nitrogen and oxygen atoms in total. The van der Waals surface area contributed by atoms with E-state index in [1.54, 1.807) is 24.1 Å². The Hall–Kier alpha value is -3.02. The molecule has 0 radical (unpaired) electrons. The second-order valence-corrected chi connectivity index (χ2v) is 6.16. The molecule has 1 heterocycles. The first kappa shape index (κ1) is 17.8. The van der Waals surface area contributed by atoms with Crippen LogP contribution in [0, 0.1) is 0 Å². The number of nitrogens with zero attached hydrogens (tertiary/aromatic N) is 1. The van der Waals surface area contributed by atoms with Gasteiger partial charge in [0, 0.05) is 32.1 Å². The van der Waals surface area contributed by atoms with Crippen molar-refractivity contribution in [3.8, 4) is 11.5 Å². The molecule has 2 amide bonds. The smallest absolute Gasteiger partial charge is 0.251 e. The molecule has 0 unspecified atom stereocenters. The zero-order valence-electron chi connectivity index (χ0n) is 14.7. The summed E-state index contributed by atoms with van der Waals surface area (Å²) in [6.45, 7) is 1.21. The standard InChI is InChI=1S/C20H22N2O4/c1-22(13-15-9-10-17-18(12-15)26-14-25-17)19(23)8-5-11-21-20(24)16-6-3-2-4-7-16/h2-4,6-7,9-10,12H,5,8,11,13-14H2,1H3,(H,21,24). The highest BCUT2D eigenvalue weighted by Crippen LogP contribution is 2.32. The van der Waals surface area contributed by atoms with Crippen LogP contribution in [0.25, 0.3) is 0 Å². The number of carbonyl (C=O) groups excluding carboxylic acids is 2. The summed E-state index contributed by atoms with van der Waals surface area (Å²) in [7, 11) is 1.77. The van der Waals surface area contributed by atoms with Crippen LogP contribution in [-0.2, 0) is 11.3 Å². The summed E-state index contributed by atoms with van der Waals surface area (Å²) in [6, 6.07) is 14.7. The molecule has 1 aliphatic rings. The number of carbonyl (C=O) groups is 2. The van der Waals surface area contributed by atoms with Gasteiger partial charge in [-0.3, -0.25) is 9.59 Å². The van der Waals surface area contributed by atoms with Crippen LogP contribution < -0.4 is 14.8 Å². The number of ether oxygens (including phenoxy) is 2. The maximum atomic E-state index is 12.3. The van der Waals surface area contributed by atoms with Crippen molar-refractivity contribution in [1.82, 2.24) is 10.2 Å². The van der Waals surface area contributed by atoms with Gasteiger partial charge in [-0.05, 0) is 36.2 Å². The van der Waals surface area contributed by atoms with E-state index >= 15 is 0 Å². The molecule has 0 saturated heterocycles. The average molecular weight is 354 g/mol. The zero-order chi connectivity index (χ0) is 18.4. The Labute approximate surface area is 152 Å². The van der Waals surface area contributed by atoms with Crippen molar-refractivity contribution < 1.29 is 19.1 Å². The molecular formula is C20H22N2O4. The van der Waals surface area contributed by atoms with Gasteiger partial charge < -0.3 is 19.7 Å². The second kappa shape index (κ2) is 8.38. The van der Waals surface area contributed by atoms with E-state index in [-0.39, 0.29) is 18.6 Å². The first-order chi connectivity index (χ1) is 12.6. The third-order valence-corrected chi connectivity index (χ3v) is 4.17. The lowest BCUT2D eigenvalue weighted by molar-refractivity contribution is -0.130. The van der Waals surface area contributed by atoms with Gasteiger partial charge in [0.2, 0.25) is 12.7 Å². The van der Waals surface area contributed by atoms with E-state index in [1.807, 2.05) is 36.4 Å². The molecular weight excluding hydrogens is 332 g/mol. The van der Waals surface area contributed by atoms with Crippen LogP contribution in [0.4, 0.5) is 0 Å². The molecule has 2 aromatic carbocycles. The van der Waals surface area contributed by atoms with Gasteiger partial charge in [0.1, 0.15) is 0 Å². The first-order valence-electron chi connectivity index (χ1n) is 8.59. The van der Waals surface area contributed by atoms with E-state index < -0.39 is 0 Å². The number of amides is 2. The third kappa shape index (κ3) is 4.53. The van der Waals surface area contributed by atoms with Gasteiger partial charge in [0.15, 0.2) is 11.5 Å². The van der Waals surface area contributed by atoms with Crippen LogP contribution >= 0.6 is 0 Å². The van der Waals surface area contributed by atoms with E-state index in [4.69, 9.17) is 9.47 Å². The van der Waals surface area contributed by atoms with Gasteiger partial charge in [-0.1, -0.05) is 24.3 Å². The summed E-state index contributed by atoms with van der Waals surface area (Å²) in [5, 5.41) is 2.83. The molecule has 1 N–H and O–H groups in total. The molecule has 0 atom stereocenters. The number of nitrogens with one attached hydrogen (secondary N) is 1. The highest BCUT2D eigenvalue weighted by Gasteiger charge is 2.15. The molecule has 6 heteroatoms. The van der Waals surface area contributed by atoms with Gasteiger partial charge in [-0.15, -0.1) is 0 Å². The molecule has 0 aliphatic carbocycles. The molecule has 3 rings (SSSR count). The maximum absolute atomic E-state index is 12.3. The van der Waals surface area contributed by atoms with Crippen LogP contribution in [-0.4, -0.2) is 37.1 Å². The van der Waals surface area contributed by atoms with Crippen LogP contribution in [0.15, 0.2) is 48.5 Å². The average Bonchev–Trinajstić information content (AvgIpc) is 3.13. The first-order valence-corrected chi connectivity index (χ1v) is 8.59. The van der Waals surface area contributed by atoms with Crippen molar-refractivity contribution in [1.29, 1.82) is 0 Å². The van der Waals surface area contributed by atoms with E-state index in [0.29, 0.717) is 37.2 Å². The van der Waals surface area contributed by atoms with E-state index in [0.717, 1.165) is 11.3 Å². The number of benzene rings is 2. The predicted molar refractivity (Wildman–Crippen MR) is 97.0 cm³/mol. The topological polar surface area (TPSA) is 67.9 Å². The Morgan fingerprint density at radius 3 is 2.65 bits per heavy atom. The van der Waals surface area contributed by atoms with Gasteiger partial charge >= 0.3 is 0 Å². The lowest BCUT2D eigenvalue weighted by atomic mass is 10.2. The summed E-state index contributed by atoms with van der Waals surface area (Å²) in [6.07, 6.45) is 0.985. The van der Waals surface area contributed by atoms with Crippen molar-refractivity contribution in [2.45, 2.75) is 19.4 Å². The van der Waals surface area contributed by atoms with Crippen LogP contribution in [0.5, 0.6) is 11.5 Å². The van der Waals surface area contributed by atoms with Gasteiger partial charge in [0.05, 0.1) is 0 Å². The van der Waals surface area contributed by atoms with Crippen molar-refractivity contribution >= 4 is 11.8 Å². The Balaban J connectivity index is 1.40. The van der Waals surface area contributed by atoms with Gasteiger partial charge in [0.25, 0.3) is 5.91 Å². The molecule has 0 saturated carbocycles. The third-order valence-electron chi connectivity index (χ3n) is 4.17. The minimum atomic E-state index is -0.119. The summed E-state index contributed by atoms with van der Waals surface area (Å²) < 4.78 is 10.6. The van der Waals surface area contributed by atoms with Crippen molar-refractivity contribution in [3.63, 3.8) is 0 Å². The molecule has 2 aromatic rings. The minimum absolute atomic E-state index is 0.0385. The minimum Gasteiger partial charge on any atom is -0.454 e. The molecule has 136 valence electrons. The van der Waals surface area contributed by atoms with Crippen molar-refractivity contribution in [2.24, 2.45) is 0 Å². The fourth-order valence-electron chi connectivity index (χ4n) is 2.73. The molecule has 0 bridgehead atoms. The molecule has 0 spiro atoms. The van der Waals surface area contributed by atoms with Crippen LogP contribution in [0.3, 0.4) is 0 Å². The summed E-state index contributed by atoms with van der Waals surface area (Å²) in [5.74, 6) is 1.37. The van der Waals surface area contributed by atoms with Crippen LogP contribution in [0.2, 0.25) is 0 Å². The lowest BCUT2D eigenvalue weighted by Gasteiger charge is -2.17. The SMILES string of the molecule is CN(Cc1ccc2c(c1)OCO2)C(=O)CCCNC(=O)c1ccccc1. The van der Waals surface area contributed by atoms with E-state index in [2.05, 4.69) is 5.32 Å². The van der Waals surface area contributed by atoms with Crippen molar-refractivity contribution in [2.75, 3.05) is 20.4 Å². The van der Waals surface area contributed by atoms with Gasteiger partial charge in [-0.2, -0.15) is 0 Å². The van der Waals surface area contributed by atoms with E-state index in [1.165, 1.54) is 0 Å². The molecule has 1 aliphatic heterocycles. The van der Waals surface area contributed by atoms with Crippen molar-refractivity contribution in [3.05, 3.63) is 59.7 Å². The lowest BCUT2D eigenvalue weighted by Crippen LogP contribution is -2.28. The number of rotatable bonds is 7. The second-order valence-electron chi connectivity index (χ2n) is 6.16. The largest absolute Gasteiger partial charge is 0.454 e. The Morgan fingerprint density at radius 2 is 1.85 bits per heavy atom. The van der Waals surface area contributed by atoms with Crippen LogP contribution in [0.1, 0.15) is 28.8 Å². The monoisotopic (exact) mass is 354 g/mol. The maximum Gasteiger partial charge on any atom is 0.251 e. The molecule has 0 fully saturated rings. The van der Waals surface area contributed by atoms with Gasteiger partial charge in [-0.25, -0.2) is 0 Å². The predicted octanol–water partition coefficient (Wildman–Crippen LogP) is 2.58. The van der Waals surface area contributed by atoms with E-state index in [9.17, 15) is 9.59 Å². The summed E-state index contributed by atoms with van der Waals surface area (Å²) in [4.78, 5) is 25.9. The summed E-state index contributed by atoms with van der Waals surface area (Å²) >= 11 is 0.